The summed E-state index contributed by atoms with van der Waals surface area (Å²) in [5.41, 5.74) is 3.50. The molecule has 3 rings (SSSR count). The zero-order valence-corrected chi connectivity index (χ0v) is 11.8. The quantitative estimate of drug-likeness (QED) is 0.741. The van der Waals surface area contributed by atoms with E-state index in [1.54, 1.807) is 6.20 Å². The van der Waals surface area contributed by atoms with E-state index in [-0.39, 0.29) is 6.04 Å². The molecule has 2 aromatic heterocycles. The highest BCUT2D eigenvalue weighted by Gasteiger charge is 2.12. The Kier molecular flexibility index (Phi) is 2.98. The highest BCUT2D eigenvalue weighted by atomic mass is 32.1. The van der Waals surface area contributed by atoms with Gasteiger partial charge in [-0.3, -0.25) is 4.68 Å². The number of aryl methyl sites for hydroxylation is 1. The van der Waals surface area contributed by atoms with E-state index in [0.29, 0.717) is 0 Å². The van der Waals surface area contributed by atoms with Crippen molar-refractivity contribution >= 4 is 23.3 Å². The molecule has 4 nitrogen and oxygen atoms in total. The van der Waals surface area contributed by atoms with Crippen molar-refractivity contribution in [3.8, 4) is 0 Å². The summed E-state index contributed by atoms with van der Waals surface area (Å²) < 4.78 is 4.87. The monoisotopic (exact) mass is 272 g/mol. The molecular weight excluding hydrogens is 256 g/mol. The average Bonchev–Trinajstić information content (AvgIpc) is 2.96. The van der Waals surface area contributed by atoms with Crippen molar-refractivity contribution < 1.29 is 0 Å². The predicted molar refractivity (Wildman–Crippen MR) is 78.8 cm³/mol. The lowest BCUT2D eigenvalue weighted by atomic mass is 10.2. The molecule has 0 fully saturated rings. The Hall–Kier alpha value is -1.88. The number of aromatic amines is 1. The third-order valence-electron chi connectivity index (χ3n) is 3.41. The molecule has 5 heteroatoms. The first-order chi connectivity index (χ1) is 9.16. The van der Waals surface area contributed by atoms with Crippen LogP contribution in [0.15, 0.2) is 36.7 Å². The molecule has 1 aromatic carbocycles. The van der Waals surface area contributed by atoms with Crippen LogP contribution in [0.4, 0.5) is 0 Å². The van der Waals surface area contributed by atoms with Crippen molar-refractivity contribution in [2.24, 2.45) is 0 Å². The van der Waals surface area contributed by atoms with Crippen LogP contribution in [0.5, 0.6) is 0 Å². The van der Waals surface area contributed by atoms with Crippen LogP contribution in [0.3, 0.4) is 0 Å². The van der Waals surface area contributed by atoms with Crippen LogP contribution in [0.1, 0.15) is 18.5 Å². The number of imidazole rings is 1. The fourth-order valence-electron chi connectivity index (χ4n) is 2.49. The highest BCUT2D eigenvalue weighted by Crippen LogP contribution is 2.22. The number of benzene rings is 1. The van der Waals surface area contributed by atoms with Gasteiger partial charge in [0, 0.05) is 12.4 Å². The summed E-state index contributed by atoms with van der Waals surface area (Å²) in [6, 6.07) is 8.45. The molecule has 2 heterocycles. The van der Waals surface area contributed by atoms with Gasteiger partial charge in [0.05, 0.1) is 23.6 Å². The van der Waals surface area contributed by atoms with Gasteiger partial charge in [-0.2, -0.15) is 5.10 Å². The van der Waals surface area contributed by atoms with Crippen molar-refractivity contribution in [3.63, 3.8) is 0 Å². The number of hydrogen-bond donors (Lipinski definition) is 1. The molecule has 0 aliphatic carbocycles. The van der Waals surface area contributed by atoms with Crippen LogP contribution in [0, 0.1) is 11.7 Å². The molecule has 0 saturated carbocycles. The van der Waals surface area contributed by atoms with Crippen molar-refractivity contribution in [2.75, 3.05) is 0 Å². The number of H-pyrrole nitrogens is 1. The zero-order valence-electron chi connectivity index (χ0n) is 11.0. The molecule has 0 radical (unpaired) electrons. The van der Waals surface area contributed by atoms with Gasteiger partial charge in [0.1, 0.15) is 0 Å². The van der Waals surface area contributed by atoms with Crippen molar-refractivity contribution in [2.45, 2.75) is 26.4 Å². The van der Waals surface area contributed by atoms with Gasteiger partial charge in [0.25, 0.3) is 0 Å². The Balaban J connectivity index is 2.07. The SMILES string of the molecule is Cc1cccc2c1[nH]c(=S)n2C(C)Cn1cccn1. The summed E-state index contributed by atoms with van der Waals surface area (Å²) in [4.78, 5) is 3.30. The standard InChI is InChI=1S/C14H16N4S/c1-10-5-3-6-12-13(10)16-14(19)18(12)11(2)9-17-8-4-7-15-17/h3-8,11H,9H2,1-2H3,(H,16,19). The third kappa shape index (κ3) is 2.10. The number of fused-ring (bicyclic) bond motifs is 1. The van der Waals surface area contributed by atoms with E-state index >= 15 is 0 Å². The first-order valence-electron chi connectivity index (χ1n) is 6.34. The maximum atomic E-state index is 5.46. The summed E-state index contributed by atoms with van der Waals surface area (Å²) in [5, 5.41) is 4.25. The first-order valence-corrected chi connectivity index (χ1v) is 6.75. The van der Waals surface area contributed by atoms with Crippen LogP contribution < -0.4 is 0 Å². The molecule has 1 atom stereocenters. The van der Waals surface area contributed by atoms with Gasteiger partial charge in [-0.15, -0.1) is 0 Å². The van der Waals surface area contributed by atoms with E-state index in [1.165, 1.54) is 5.56 Å². The van der Waals surface area contributed by atoms with Crippen LogP contribution >= 0.6 is 12.2 Å². The number of nitrogens with zero attached hydrogens (tertiary/aromatic N) is 3. The number of hydrogen-bond acceptors (Lipinski definition) is 2. The van der Waals surface area contributed by atoms with Gasteiger partial charge in [-0.1, -0.05) is 12.1 Å². The Morgan fingerprint density at radius 3 is 2.95 bits per heavy atom. The van der Waals surface area contributed by atoms with Gasteiger partial charge in [-0.25, -0.2) is 0 Å². The molecule has 0 amide bonds. The number of para-hydroxylation sites is 1. The van der Waals surface area contributed by atoms with Crippen LogP contribution in [-0.2, 0) is 6.54 Å². The molecule has 0 saturated heterocycles. The van der Waals surface area contributed by atoms with Gasteiger partial charge in [-0.05, 0) is 43.8 Å². The fourth-order valence-corrected chi connectivity index (χ4v) is 2.87. The Morgan fingerprint density at radius 2 is 2.21 bits per heavy atom. The second kappa shape index (κ2) is 4.66. The number of rotatable bonds is 3. The lowest BCUT2D eigenvalue weighted by Crippen LogP contribution is -2.13. The minimum Gasteiger partial charge on any atom is -0.330 e. The summed E-state index contributed by atoms with van der Waals surface area (Å²) in [6.07, 6.45) is 3.77. The average molecular weight is 272 g/mol. The van der Waals surface area contributed by atoms with Gasteiger partial charge >= 0.3 is 0 Å². The molecular formula is C14H16N4S. The third-order valence-corrected chi connectivity index (χ3v) is 3.71. The molecule has 0 bridgehead atoms. The number of nitrogens with one attached hydrogen (secondary N) is 1. The summed E-state index contributed by atoms with van der Waals surface area (Å²) in [5.74, 6) is 0. The number of aromatic nitrogens is 4. The Bertz CT molecular complexity index is 751. The maximum absolute atomic E-state index is 5.46. The van der Waals surface area contributed by atoms with Crippen molar-refractivity contribution in [1.29, 1.82) is 0 Å². The topological polar surface area (TPSA) is 38.5 Å². The summed E-state index contributed by atoms with van der Waals surface area (Å²) in [6.45, 7) is 5.06. The largest absolute Gasteiger partial charge is 0.330 e. The van der Waals surface area contributed by atoms with E-state index in [4.69, 9.17) is 12.2 Å². The molecule has 3 aromatic rings. The molecule has 0 aliphatic heterocycles. The summed E-state index contributed by atoms with van der Waals surface area (Å²) in [7, 11) is 0. The Labute approximate surface area is 116 Å². The lowest BCUT2D eigenvalue weighted by molar-refractivity contribution is 0.442. The van der Waals surface area contributed by atoms with E-state index in [1.807, 2.05) is 16.9 Å². The van der Waals surface area contributed by atoms with Crippen LogP contribution in [-0.4, -0.2) is 19.3 Å². The lowest BCUT2D eigenvalue weighted by Gasteiger charge is -2.14. The Morgan fingerprint density at radius 1 is 1.37 bits per heavy atom. The minimum absolute atomic E-state index is 0.253. The predicted octanol–water partition coefficient (Wildman–Crippen LogP) is 3.47. The van der Waals surface area contributed by atoms with E-state index < -0.39 is 0 Å². The zero-order chi connectivity index (χ0) is 13.4. The normalized spacial score (nSPS) is 12.9. The molecule has 19 heavy (non-hydrogen) atoms. The molecule has 98 valence electrons. The minimum atomic E-state index is 0.253. The van der Waals surface area contributed by atoms with Crippen LogP contribution in [0.2, 0.25) is 0 Å². The smallest absolute Gasteiger partial charge is 0.178 e. The maximum Gasteiger partial charge on any atom is 0.178 e. The van der Waals surface area contributed by atoms with Crippen molar-refractivity contribution in [3.05, 3.63) is 47.0 Å². The highest BCUT2D eigenvalue weighted by molar-refractivity contribution is 7.71. The second-order valence-electron chi connectivity index (χ2n) is 4.85. The van der Waals surface area contributed by atoms with E-state index in [0.717, 1.165) is 22.3 Å². The van der Waals surface area contributed by atoms with E-state index in [9.17, 15) is 0 Å². The molecule has 0 spiro atoms. The molecule has 0 aliphatic rings. The van der Waals surface area contributed by atoms with Gasteiger partial charge in [0.15, 0.2) is 4.77 Å². The summed E-state index contributed by atoms with van der Waals surface area (Å²) >= 11 is 5.46. The molecule has 1 N–H and O–H groups in total. The van der Waals surface area contributed by atoms with Gasteiger partial charge < -0.3 is 9.55 Å². The second-order valence-corrected chi connectivity index (χ2v) is 5.23. The van der Waals surface area contributed by atoms with Gasteiger partial charge in [0.2, 0.25) is 0 Å². The first kappa shape index (κ1) is 12.2. The molecule has 1 unspecified atom stereocenters. The van der Waals surface area contributed by atoms with E-state index in [2.05, 4.69) is 46.7 Å². The van der Waals surface area contributed by atoms with Crippen LogP contribution in [0.25, 0.3) is 11.0 Å². The van der Waals surface area contributed by atoms with Crippen molar-refractivity contribution in [1.82, 2.24) is 19.3 Å². The fraction of sp³-hybridized carbons (Fsp3) is 0.286.